The Morgan fingerprint density at radius 1 is 1.32 bits per heavy atom. The predicted octanol–water partition coefficient (Wildman–Crippen LogP) is 2.78. The van der Waals surface area contributed by atoms with Gasteiger partial charge in [0.05, 0.1) is 30.8 Å². The van der Waals surface area contributed by atoms with Gasteiger partial charge in [-0.3, -0.25) is 4.79 Å². The highest BCUT2D eigenvalue weighted by atomic mass is 16.3. The lowest BCUT2D eigenvalue weighted by Crippen LogP contribution is -2.33. The van der Waals surface area contributed by atoms with Crippen LogP contribution >= 0.6 is 0 Å². The fraction of sp³-hybridized carbons (Fsp3) is 0.474. The number of hydrogen-bond donors (Lipinski definition) is 1. The van der Waals surface area contributed by atoms with Crippen molar-refractivity contribution in [2.24, 2.45) is 0 Å². The molecule has 1 atom stereocenters. The van der Waals surface area contributed by atoms with Crippen molar-refractivity contribution >= 4 is 17.4 Å². The molecule has 2 aromatic heterocycles. The first-order valence-corrected chi connectivity index (χ1v) is 8.80. The number of anilines is 2. The van der Waals surface area contributed by atoms with E-state index in [1.54, 1.807) is 12.5 Å². The molecule has 0 aromatic carbocycles. The van der Waals surface area contributed by atoms with Crippen molar-refractivity contribution < 1.29 is 9.21 Å². The van der Waals surface area contributed by atoms with Gasteiger partial charge in [0.15, 0.2) is 0 Å². The molecule has 1 saturated heterocycles. The fourth-order valence-corrected chi connectivity index (χ4v) is 3.14. The monoisotopic (exact) mass is 342 g/mol. The maximum absolute atomic E-state index is 12.4. The van der Waals surface area contributed by atoms with Gasteiger partial charge >= 0.3 is 0 Å². The number of hydrogen-bond acceptors (Lipinski definition) is 5. The van der Waals surface area contributed by atoms with Crippen LogP contribution in [0.2, 0.25) is 0 Å². The van der Waals surface area contributed by atoms with Crippen molar-refractivity contribution in [1.82, 2.24) is 9.88 Å². The van der Waals surface area contributed by atoms with Crippen molar-refractivity contribution in [3.63, 3.8) is 0 Å². The van der Waals surface area contributed by atoms with Gasteiger partial charge in [-0.05, 0) is 43.0 Å². The summed E-state index contributed by atoms with van der Waals surface area (Å²) in [5.41, 5.74) is 1.98. The molecule has 1 aliphatic heterocycles. The van der Waals surface area contributed by atoms with Crippen LogP contribution in [0.15, 0.2) is 41.3 Å². The number of likely N-dealkylation sites (tertiary alicyclic amines) is 1. The van der Waals surface area contributed by atoms with Crippen LogP contribution < -0.4 is 10.2 Å². The van der Waals surface area contributed by atoms with Gasteiger partial charge in [0.25, 0.3) is 0 Å². The van der Waals surface area contributed by atoms with Gasteiger partial charge in [-0.1, -0.05) is 0 Å². The number of rotatable bonds is 5. The van der Waals surface area contributed by atoms with Crippen LogP contribution in [0.25, 0.3) is 0 Å². The maximum Gasteiger partial charge on any atom is 0.227 e. The third kappa shape index (κ3) is 4.75. The average Bonchev–Trinajstić information content (AvgIpc) is 2.99. The quantitative estimate of drug-likeness (QED) is 0.905. The highest BCUT2D eigenvalue weighted by Gasteiger charge is 2.21. The van der Waals surface area contributed by atoms with E-state index in [0.29, 0.717) is 12.5 Å². The largest absolute Gasteiger partial charge is 0.472 e. The average molecular weight is 342 g/mol. The van der Waals surface area contributed by atoms with Gasteiger partial charge in [0.1, 0.15) is 5.82 Å². The summed E-state index contributed by atoms with van der Waals surface area (Å²) in [5.74, 6) is 1.13. The SMILES string of the molecule is CN(C)c1ccc(N[C@H]2CCCN(C(=O)Cc3ccoc3)CC2)cn1. The normalized spacial score (nSPS) is 17.8. The Balaban J connectivity index is 1.51. The molecule has 0 bridgehead atoms. The summed E-state index contributed by atoms with van der Waals surface area (Å²) in [7, 11) is 3.96. The number of carbonyl (C=O) groups excluding carboxylic acids is 1. The van der Waals surface area contributed by atoms with E-state index < -0.39 is 0 Å². The number of pyridine rings is 1. The molecule has 0 saturated carbocycles. The molecule has 25 heavy (non-hydrogen) atoms. The molecule has 6 nitrogen and oxygen atoms in total. The molecule has 0 unspecified atom stereocenters. The molecule has 1 aliphatic rings. The second-order valence-electron chi connectivity index (χ2n) is 6.76. The Morgan fingerprint density at radius 2 is 2.20 bits per heavy atom. The van der Waals surface area contributed by atoms with Crippen LogP contribution in [-0.4, -0.2) is 49.0 Å². The summed E-state index contributed by atoms with van der Waals surface area (Å²) >= 11 is 0. The Kier molecular flexibility index (Phi) is 5.58. The van der Waals surface area contributed by atoms with Gasteiger partial charge in [-0.25, -0.2) is 4.98 Å². The number of nitrogens with one attached hydrogen (secondary N) is 1. The van der Waals surface area contributed by atoms with Crippen molar-refractivity contribution in [1.29, 1.82) is 0 Å². The molecule has 1 N–H and O–H groups in total. The number of nitrogens with zero attached hydrogens (tertiary/aromatic N) is 3. The van der Waals surface area contributed by atoms with Crippen LogP contribution in [0.3, 0.4) is 0 Å². The van der Waals surface area contributed by atoms with E-state index in [9.17, 15) is 4.79 Å². The molecule has 2 aromatic rings. The molecular formula is C19H26N4O2. The van der Waals surface area contributed by atoms with Crippen molar-refractivity contribution in [3.8, 4) is 0 Å². The van der Waals surface area contributed by atoms with Crippen LogP contribution in [0.4, 0.5) is 11.5 Å². The number of aromatic nitrogens is 1. The molecule has 0 aliphatic carbocycles. The van der Waals surface area contributed by atoms with Crippen LogP contribution in [0, 0.1) is 0 Å². The van der Waals surface area contributed by atoms with Crippen molar-refractivity contribution in [3.05, 3.63) is 42.5 Å². The van der Waals surface area contributed by atoms with Gasteiger partial charge in [-0.2, -0.15) is 0 Å². The third-order valence-electron chi connectivity index (χ3n) is 4.59. The Hall–Kier alpha value is -2.50. The fourth-order valence-electron chi connectivity index (χ4n) is 3.14. The molecule has 1 fully saturated rings. The Morgan fingerprint density at radius 3 is 2.88 bits per heavy atom. The van der Waals surface area contributed by atoms with E-state index in [2.05, 4.69) is 16.4 Å². The van der Waals surface area contributed by atoms with E-state index in [1.807, 2.05) is 42.2 Å². The summed E-state index contributed by atoms with van der Waals surface area (Å²) in [6, 6.07) is 6.30. The number of carbonyl (C=O) groups is 1. The lowest BCUT2D eigenvalue weighted by atomic mass is 10.1. The molecule has 134 valence electrons. The minimum absolute atomic E-state index is 0.180. The Labute approximate surface area is 148 Å². The van der Waals surface area contributed by atoms with E-state index in [4.69, 9.17) is 4.42 Å². The summed E-state index contributed by atoms with van der Waals surface area (Å²) in [6.07, 6.45) is 8.58. The molecule has 0 radical (unpaired) electrons. The van der Waals surface area contributed by atoms with E-state index >= 15 is 0 Å². The minimum Gasteiger partial charge on any atom is -0.472 e. The van der Waals surface area contributed by atoms with E-state index in [0.717, 1.165) is 49.4 Å². The number of amides is 1. The molecule has 3 rings (SSSR count). The topological polar surface area (TPSA) is 61.6 Å². The summed E-state index contributed by atoms with van der Waals surface area (Å²) in [5, 5.41) is 3.56. The molecule has 3 heterocycles. The lowest BCUT2D eigenvalue weighted by Gasteiger charge is -2.21. The molecular weight excluding hydrogens is 316 g/mol. The van der Waals surface area contributed by atoms with Crippen molar-refractivity contribution in [2.75, 3.05) is 37.4 Å². The maximum atomic E-state index is 12.4. The predicted molar refractivity (Wildman–Crippen MR) is 98.8 cm³/mol. The first-order valence-electron chi connectivity index (χ1n) is 8.80. The molecule has 0 spiro atoms. The first-order chi connectivity index (χ1) is 12.1. The van der Waals surface area contributed by atoms with Crippen molar-refractivity contribution in [2.45, 2.75) is 31.7 Å². The molecule has 6 heteroatoms. The smallest absolute Gasteiger partial charge is 0.227 e. The zero-order valence-electron chi connectivity index (χ0n) is 14.9. The second-order valence-corrected chi connectivity index (χ2v) is 6.76. The zero-order valence-corrected chi connectivity index (χ0v) is 14.9. The highest BCUT2D eigenvalue weighted by molar-refractivity contribution is 5.78. The third-order valence-corrected chi connectivity index (χ3v) is 4.59. The Bertz CT molecular complexity index is 667. The number of furan rings is 1. The van der Waals surface area contributed by atoms with Crippen LogP contribution in [0.1, 0.15) is 24.8 Å². The van der Waals surface area contributed by atoms with Gasteiger partial charge in [-0.15, -0.1) is 0 Å². The highest BCUT2D eigenvalue weighted by Crippen LogP contribution is 2.19. The zero-order chi connectivity index (χ0) is 17.6. The van der Waals surface area contributed by atoms with E-state index in [-0.39, 0.29) is 5.91 Å². The van der Waals surface area contributed by atoms with Gasteiger partial charge in [0.2, 0.25) is 5.91 Å². The van der Waals surface area contributed by atoms with E-state index in [1.165, 1.54) is 0 Å². The van der Waals surface area contributed by atoms with Gasteiger partial charge in [0, 0.05) is 33.2 Å². The standard InChI is InChI=1S/C19H26N4O2/c1-22(2)18-6-5-17(13-20-18)21-16-4-3-9-23(10-7-16)19(24)12-15-8-11-25-14-15/h5-6,8,11,13-14,16,21H,3-4,7,9-10,12H2,1-2H3/t16-/m0/s1. The summed E-state index contributed by atoms with van der Waals surface area (Å²) in [6.45, 7) is 1.62. The lowest BCUT2D eigenvalue weighted by molar-refractivity contribution is -0.130. The minimum atomic E-state index is 0.180. The first kappa shape index (κ1) is 17.3. The van der Waals surface area contributed by atoms with Gasteiger partial charge < -0.3 is 19.5 Å². The van der Waals surface area contributed by atoms with Crippen LogP contribution in [0.5, 0.6) is 0 Å². The second kappa shape index (κ2) is 8.05. The summed E-state index contributed by atoms with van der Waals surface area (Å²) in [4.78, 5) is 20.8. The van der Waals surface area contributed by atoms with Crippen LogP contribution in [-0.2, 0) is 11.2 Å². The molecule has 1 amide bonds. The summed E-state index contributed by atoms with van der Waals surface area (Å²) < 4.78 is 5.04.